The maximum Gasteiger partial charge on any atom is 0.219 e. The van der Waals surface area contributed by atoms with Gasteiger partial charge in [0.15, 0.2) is 5.65 Å². The van der Waals surface area contributed by atoms with Gasteiger partial charge in [-0.25, -0.2) is 14.6 Å². The van der Waals surface area contributed by atoms with E-state index in [4.69, 9.17) is 0 Å². The first-order valence-corrected chi connectivity index (χ1v) is 6.06. The molecule has 6 heteroatoms. The molecule has 0 bridgehead atoms. The van der Waals surface area contributed by atoms with Crippen LogP contribution in [0.3, 0.4) is 0 Å². The molecule has 1 atom stereocenters. The van der Waals surface area contributed by atoms with Crippen LogP contribution in [-0.4, -0.2) is 43.6 Å². The van der Waals surface area contributed by atoms with Crippen molar-refractivity contribution in [2.24, 2.45) is 7.05 Å². The summed E-state index contributed by atoms with van der Waals surface area (Å²) in [5, 5.41) is 4.52. The second-order valence-electron chi connectivity index (χ2n) is 4.69. The van der Waals surface area contributed by atoms with Crippen LogP contribution in [0.15, 0.2) is 12.4 Å². The van der Waals surface area contributed by atoms with E-state index in [1.165, 1.54) is 0 Å². The third-order valence-electron chi connectivity index (χ3n) is 3.51. The van der Waals surface area contributed by atoms with Gasteiger partial charge in [0.2, 0.25) is 5.91 Å². The molecule has 1 fully saturated rings. The van der Waals surface area contributed by atoms with Crippen molar-refractivity contribution in [3.8, 4) is 0 Å². The quantitative estimate of drug-likeness (QED) is 0.742. The van der Waals surface area contributed by atoms with E-state index in [9.17, 15) is 4.79 Å². The third-order valence-corrected chi connectivity index (χ3v) is 3.51. The molecule has 0 radical (unpaired) electrons. The molecule has 1 aliphatic heterocycles. The maximum atomic E-state index is 11.4. The highest BCUT2D eigenvalue weighted by Gasteiger charge is 2.29. The van der Waals surface area contributed by atoms with Gasteiger partial charge in [0.05, 0.1) is 5.69 Å². The summed E-state index contributed by atoms with van der Waals surface area (Å²) in [6.45, 7) is 3.15. The van der Waals surface area contributed by atoms with E-state index in [1.54, 1.807) is 24.0 Å². The van der Waals surface area contributed by atoms with E-state index >= 15 is 0 Å². The lowest BCUT2D eigenvalue weighted by Gasteiger charge is -2.12. The first-order chi connectivity index (χ1) is 8.66. The first-order valence-electron chi connectivity index (χ1n) is 6.06. The van der Waals surface area contributed by atoms with E-state index in [-0.39, 0.29) is 11.8 Å². The molecule has 0 aliphatic carbocycles. The average Bonchev–Trinajstić information content (AvgIpc) is 2.95. The largest absolute Gasteiger partial charge is 0.342 e. The van der Waals surface area contributed by atoms with Gasteiger partial charge in [0.1, 0.15) is 5.52 Å². The van der Waals surface area contributed by atoms with E-state index in [0.29, 0.717) is 0 Å². The van der Waals surface area contributed by atoms with Crippen LogP contribution in [-0.2, 0) is 11.8 Å². The van der Waals surface area contributed by atoms with E-state index < -0.39 is 0 Å². The maximum absolute atomic E-state index is 11.4. The number of likely N-dealkylation sites (tertiary alicyclic amines) is 1. The summed E-state index contributed by atoms with van der Waals surface area (Å²) in [4.78, 5) is 21.9. The average molecular weight is 245 g/mol. The lowest BCUT2D eigenvalue weighted by molar-refractivity contribution is -0.127. The normalized spacial score (nSPS) is 19.7. The lowest BCUT2D eigenvalue weighted by Crippen LogP contribution is -2.25. The van der Waals surface area contributed by atoms with E-state index in [1.807, 2.05) is 11.9 Å². The number of amides is 1. The molecule has 94 valence electrons. The van der Waals surface area contributed by atoms with Crippen molar-refractivity contribution in [1.82, 2.24) is 24.6 Å². The number of aryl methyl sites for hydroxylation is 1. The summed E-state index contributed by atoms with van der Waals surface area (Å²) < 4.78 is 1.76. The Morgan fingerprint density at radius 2 is 2.17 bits per heavy atom. The van der Waals surface area contributed by atoms with Crippen molar-refractivity contribution >= 4 is 17.1 Å². The van der Waals surface area contributed by atoms with E-state index in [2.05, 4.69) is 15.1 Å². The molecule has 2 aromatic rings. The smallest absolute Gasteiger partial charge is 0.219 e. The predicted molar refractivity (Wildman–Crippen MR) is 65.9 cm³/mol. The van der Waals surface area contributed by atoms with Gasteiger partial charge in [-0.05, 0) is 6.42 Å². The van der Waals surface area contributed by atoms with Gasteiger partial charge in [0.25, 0.3) is 0 Å². The Labute approximate surface area is 105 Å². The fourth-order valence-corrected chi connectivity index (χ4v) is 2.55. The minimum atomic E-state index is 0.129. The molecule has 3 heterocycles. The van der Waals surface area contributed by atoms with Gasteiger partial charge in [0, 0.05) is 45.4 Å². The van der Waals surface area contributed by atoms with Gasteiger partial charge >= 0.3 is 0 Å². The summed E-state index contributed by atoms with van der Waals surface area (Å²) in [7, 11) is 1.87. The molecule has 1 aliphatic rings. The molecule has 1 saturated heterocycles. The van der Waals surface area contributed by atoms with Crippen LogP contribution >= 0.6 is 0 Å². The monoisotopic (exact) mass is 245 g/mol. The minimum Gasteiger partial charge on any atom is -0.342 e. The first kappa shape index (κ1) is 11.1. The molecule has 6 nitrogen and oxygen atoms in total. The zero-order valence-electron chi connectivity index (χ0n) is 10.5. The Morgan fingerprint density at radius 1 is 1.39 bits per heavy atom. The molecular formula is C12H15N5O. The Bertz CT molecular complexity index is 606. The molecule has 0 N–H and O–H groups in total. The van der Waals surface area contributed by atoms with Crippen molar-refractivity contribution < 1.29 is 4.79 Å². The second-order valence-corrected chi connectivity index (χ2v) is 4.69. The summed E-state index contributed by atoms with van der Waals surface area (Å²) in [5.74, 6) is 0.401. The van der Waals surface area contributed by atoms with Crippen molar-refractivity contribution in [3.63, 3.8) is 0 Å². The van der Waals surface area contributed by atoms with E-state index in [0.717, 1.165) is 36.4 Å². The second kappa shape index (κ2) is 4.04. The molecule has 0 aromatic carbocycles. The summed E-state index contributed by atoms with van der Waals surface area (Å²) in [6.07, 6.45) is 4.30. The molecule has 1 unspecified atom stereocenters. The number of fused-ring (bicyclic) bond motifs is 1. The van der Waals surface area contributed by atoms with Crippen molar-refractivity contribution in [2.45, 2.75) is 19.3 Å². The molecule has 0 saturated carbocycles. The number of nitrogens with zero attached hydrogens (tertiary/aromatic N) is 5. The highest BCUT2D eigenvalue weighted by molar-refractivity contribution is 5.75. The number of hydrogen-bond donors (Lipinski definition) is 0. The Balaban J connectivity index is 1.98. The minimum absolute atomic E-state index is 0.129. The number of hydrogen-bond acceptors (Lipinski definition) is 4. The van der Waals surface area contributed by atoms with Gasteiger partial charge < -0.3 is 4.90 Å². The Morgan fingerprint density at radius 3 is 2.89 bits per heavy atom. The van der Waals surface area contributed by atoms with Crippen molar-refractivity contribution in [2.75, 3.05) is 13.1 Å². The summed E-state index contributed by atoms with van der Waals surface area (Å²) in [6, 6.07) is 0. The van der Waals surface area contributed by atoms with Crippen molar-refractivity contribution in [1.29, 1.82) is 0 Å². The fourth-order valence-electron chi connectivity index (χ4n) is 2.55. The van der Waals surface area contributed by atoms with Crippen LogP contribution in [0.25, 0.3) is 11.2 Å². The molecular weight excluding hydrogens is 230 g/mol. The SMILES string of the molecule is CC(=O)N1CCC(c2nn(C)c3nccnc23)C1. The van der Waals surface area contributed by atoms with Gasteiger partial charge in [-0.2, -0.15) is 5.10 Å². The fraction of sp³-hybridized carbons (Fsp3) is 0.500. The number of carbonyl (C=O) groups excluding carboxylic acids is 1. The Kier molecular flexibility index (Phi) is 2.50. The molecule has 18 heavy (non-hydrogen) atoms. The lowest BCUT2D eigenvalue weighted by atomic mass is 10.0. The van der Waals surface area contributed by atoms with Gasteiger partial charge in [-0.3, -0.25) is 4.79 Å². The Hall–Kier alpha value is -1.98. The van der Waals surface area contributed by atoms with Gasteiger partial charge in [-0.15, -0.1) is 0 Å². The molecule has 3 rings (SSSR count). The topological polar surface area (TPSA) is 63.9 Å². The van der Waals surface area contributed by atoms with Crippen LogP contribution in [0.2, 0.25) is 0 Å². The van der Waals surface area contributed by atoms with Crippen LogP contribution < -0.4 is 0 Å². The number of rotatable bonds is 1. The zero-order valence-corrected chi connectivity index (χ0v) is 10.5. The predicted octanol–water partition coefficient (Wildman–Crippen LogP) is 0.699. The summed E-state index contributed by atoms with van der Waals surface area (Å²) in [5.41, 5.74) is 2.62. The molecule has 0 spiro atoms. The van der Waals surface area contributed by atoms with Crippen molar-refractivity contribution in [3.05, 3.63) is 18.1 Å². The third kappa shape index (κ3) is 1.64. The highest BCUT2D eigenvalue weighted by atomic mass is 16.2. The van der Waals surface area contributed by atoms with Crippen LogP contribution in [0.5, 0.6) is 0 Å². The standard InChI is InChI=1S/C12H15N5O/c1-8(18)17-6-3-9(7-17)10-11-12(16(2)15-10)14-5-4-13-11/h4-5,9H,3,6-7H2,1-2H3. The molecule has 1 amide bonds. The highest BCUT2D eigenvalue weighted by Crippen LogP contribution is 2.29. The van der Waals surface area contributed by atoms with Crippen LogP contribution in [0.1, 0.15) is 25.0 Å². The number of aromatic nitrogens is 4. The van der Waals surface area contributed by atoms with Crippen LogP contribution in [0, 0.1) is 0 Å². The van der Waals surface area contributed by atoms with Gasteiger partial charge in [-0.1, -0.05) is 0 Å². The van der Waals surface area contributed by atoms with Crippen LogP contribution in [0.4, 0.5) is 0 Å². The molecule has 2 aromatic heterocycles. The summed E-state index contributed by atoms with van der Waals surface area (Å²) >= 11 is 0. The zero-order chi connectivity index (χ0) is 12.7. The number of carbonyl (C=O) groups is 1.